The molecule has 5 nitrogen and oxygen atoms in total. The molecule has 0 radical (unpaired) electrons. The number of hydrogen-bond acceptors (Lipinski definition) is 4. The van der Waals surface area contributed by atoms with Gasteiger partial charge in [-0.15, -0.1) is 0 Å². The lowest BCUT2D eigenvalue weighted by atomic mass is 10.0. The summed E-state index contributed by atoms with van der Waals surface area (Å²) in [5, 5.41) is 8.39. The molecule has 0 aliphatic carbocycles. The van der Waals surface area contributed by atoms with Crippen LogP contribution in [-0.4, -0.2) is 14.5 Å². The van der Waals surface area contributed by atoms with E-state index in [-0.39, 0.29) is 10.9 Å². The molecular weight excluding hydrogens is 250 g/mol. The molecule has 1 unspecified atom stereocenters. The van der Waals surface area contributed by atoms with E-state index in [0.717, 1.165) is 6.42 Å². The molecule has 0 saturated heterocycles. The van der Waals surface area contributed by atoms with Crippen molar-refractivity contribution in [1.82, 2.24) is 0 Å². The van der Waals surface area contributed by atoms with E-state index >= 15 is 0 Å². The Morgan fingerprint density at radius 2 is 1.89 bits per heavy atom. The molecule has 5 N–H and O–H groups in total. The van der Waals surface area contributed by atoms with Gasteiger partial charge in [0.15, 0.2) is 0 Å². The van der Waals surface area contributed by atoms with Gasteiger partial charge in [-0.1, -0.05) is 20.8 Å². The molecule has 0 aliphatic rings. The van der Waals surface area contributed by atoms with Crippen LogP contribution in [0.4, 0.5) is 11.4 Å². The first-order chi connectivity index (χ1) is 8.24. The Kier molecular flexibility index (Phi) is 4.59. The number of benzene rings is 1. The maximum atomic E-state index is 11.3. The van der Waals surface area contributed by atoms with Crippen molar-refractivity contribution in [3.05, 3.63) is 18.2 Å². The molecule has 0 aliphatic heterocycles. The fraction of sp³-hybridized carbons (Fsp3) is 0.500. The van der Waals surface area contributed by atoms with Gasteiger partial charge in [0.2, 0.25) is 10.0 Å². The van der Waals surface area contributed by atoms with E-state index < -0.39 is 10.0 Å². The third-order valence-corrected chi connectivity index (χ3v) is 3.75. The number of nitrogen functional groups attached to an aromatic ring is 1. The third kappa shape index (κ3) is 3.89. The van der Waals surface area contributed by atoms with Crippen molar-refractivity contribution in [2.75, 3.05) is 11.1 Å². The molecule has 1 atom stereocenters. The summed E-state index contributed by atoms with van der Waals surface area (Å²) < 4.78 is 22.6. The second-order valence-corrected chi connectivity index (χ2v) is 6.30. The van der Waals surface area contributed by atoms with E-state index in [0.29, 0.717) is 17.3 Å². The van der Waals surface area contributed by atoms with Crippen molar-refractivity contribution >= 4 is 21.4 Å². The average molecular weight is 271 g/mol. The molecule has 0 fully saturated rings. The van der Waals surface area contributed by atoms with Gasteiger partial charge in [-0.05, 0) is 30.5 Å². The van der Waals surface area contributed by atoms with Crippen molar-refractivity contribution in [1.29, 1.82) is 0 Å². The van der Waals surface area contributed by atoms with Crippen LogP contribution in [0.15, 0.2) is 23.1 Å². The van der Waals surface area contributed by atoms with Crippen molar-refractivity contribution in [2.24, 2.45) is 11.1 Å². The summed E-state index contributed by atoms with van der Waals surface area (Å²) in [7, 11) is -3.73. The molecule has 0 aromatic heterocycles. The van der Waals surface area contributed by atoms with Crippen molar-refractivity contribution in [3.63, 3.8) is 0 Å². The fourth-order valence-corrected chi connectivity index (χ4v) is 2.42. The molecule has 0 saturated carbocycles. The van der Waals surface area contributed by atoms with Crippen LogP contribution in [-0.2, 0) is 10.0 Å². The lowest BCUT2D eigenvalue weighted by Gasteiger charge is -2.22. The Morgan fingerprint density at radius 3 is 2.33 bits per heavy atom. The molecule has 0 heterocycles. The quantitative estimate of drug-likeness (QED) is 0.711. The maximum absolute atomic E-state index is 11.3. The highest BCUT2D eigenvalue weighted by Gasteiger charge is 2.14. The molecule has 1 aromatic rings. The van der Waals surface area contributed by atoms with Gasteiger partial charge in [-0.2, -0.15) is 0 Å². The predicted molar refractivity (Wildman–Crippen MR) is 74.8 cm³/mol. The molecule has 6 heteroatoms. The number of primary sulfonamides is 1. The minimum atomic E-state index is -3.73. The first kappa shape index (κ1) is 14.8. The Bertz CT molecular complexity index is 512. The highest BCUT2D eigenvalue weighted by molar-refractivity contribution is 7.89. The van der Waals surface area contributed by atoms with Crippen molar-refractivity contribution < 1.29 is 8.42 Å². The zero-order valence-electron chi connectivity index (χ0n) is 11.0. The largest absolute Gasteiger partial charge is 0.399 e. The molecule has 0 amide bonds. The minimum Gasteiger partial charge on any atom is -0.399 e. The van der Waals surface area contributed by atoms with Crippen LogP contribution in [0.5, 0.6) is 0 Å². The van der Waals surface area contributed by atoms with Crippen LogP contribution >= 0.6 is 0 Å². The van der Waals surface area contributed by atoms with Crippen LogP contribution in [0.2, 0.25) is 0 Å². The molecule has 0 spiro atoms. The Labute approximate surface area is 109 Å². The molecular formula is C12H21N3O2S. The van der Waals surface area contributed by atoms with E-state index in [4.69, 9.17) is 10.9 Å². The first-order valence-electron chi connectivity index (χ1n) is 5.94. The molecule has 1 rings (SSSR count). The van der Waals surface area contributed by atoms with Crippen LogP contribution in [0.25, 0.3) is 0 Å². The van der Waals surface area contributed by atoms with Crippen LogP contribution < -0.4 is 16.2 Å². The SMILES string of the molecule is CCC(Nc1cc(N)cc(S(N)(=O)=O)c1)C(C)C. The molecule has 0 bridgehead atoms. The van der Waals surface area contributed by atoms with Gasteiger partial charge in [0.25, 0.3) is 0 Å². The van der Waals surface area contributed by atoms with Crippen molar-refractivity contribution in [2.45, 2.75) is 38.1 Å². The number of nitrogens with one attached hydrogen (secondary N) is 1. The van der Waals surface area contributed by atoms with E-state index in [2.05, 4.69) is 26.1 Å². The Balaban J connectivity index is 3.07. The van der Waals surface area contributed by atoms with Crippen LogP contribution in [0.1, 0.15) is 27.2 Å². The summed E-state index contributed by atoms with van der Waals surface area (Å²) in [6.45, 7) is 6.28. The lowest BCUT2D eigenvalue weighted by molar-refractivity contribution is 0.511. The van der Waals surface area contributed by atoms with Gasteiger partial charge >= 0.3 is 0 Å². The molecule has 1 aromatic carbocycles. The highest BCUT2D eigenvalue weighted by Crippen LogP contribution is 2.22. The number of rotatable bonds is 5. The minimum absolute atomic E-state index is 0.0311. The topological polar surface area (TPSA) is 98.2 Å². The second kappa shape index (κ2) is 5.58. The van der Waals surface area contributed by atoms with Crippen molar-refractivity contribution in [3.8, 4) is 0 Å². The van der Waals surface area contributed by atoms with E-state index in [1.54, 1.807) is 6.07 Å². The van der Waals surface area contributed by atoms with E-state index in [1.807, 2.05) is 0 Å². The second-order valence-electron chi connectivity index (χ2n) is 4.74. The number of nitrogens with two attached hydrogens (primary N) is 2. The highest BCUT2D eigenvalue weighted by atomic mass is 32.2. The first-order valence-corrected chi connectivity index (χ1v) is 7.48. The number of sulfonamides is 1. The summed E-state index contributed by atoms with van der Waals surface area (Å²) >= 11 is 0. The number of anilines is 2. The summed E-state index contributed by atoms with van der Waals surface area (Å²) in [4.78, 5) is 0.0311. The average Bonchev–Trinajstić information content (AvgIpc) is 2.23. The third-order valence-electron chi connectivity index (χ3n) is 2.85. The van der Waals surface area contributed by atoms with Gasteiger partial charge in [0.05, 0.1) is 4.90 Å². The summed E-state index contributed by atoms with van der Waals surface area (Å²) in [6, 6.07) is 4.84. The van der Waals surface area contributed by atoms with Crippen LogP contribution in [0.3, 0.4) is 0 Å². The van der Waals surface area contributed by atoms with E-state index in [1.165, 1.54) is 12.1 Å². The Morgan fingerprint density at radius 1 is 1.28 bits per heavy atom. The predicted octanol–water partition coefficient (Wildman–Crippen LogP) is 1.76. The summed E-state index contributed by atoms with van der Waals surface area (Å²) in [5.74, 6) is 0.439. The zero-order chi connectivity index (χ0) is 13.9. The number of hydrogen-bond donors (Lipinski definition) is 3. The Hall–Kier alpha value is -1.27. The maximum Gasteiger partial charge on any atom is 0.238 e. The van der Waals surface area contributed by atoms with Gasteiger partial charge in [-0.3, -0.25) is 0 Å². The zero-order valence-corrected chi connectivity index (χ0v) is 11.8. The van der Waals surface area contributed by atoms with Gasteiger partial charge < -0.3 is 11.1 Å². The van der Waals surface area contributed by atoms with Gasteiger partial charge in [0.1, 0.15) is 0 Å². The van der Waals surface area contributed by atoms with Gasteiger partial charge in [0, 0.05) is 17.4 Å². The summed E-state index contributed by atoms with van der Waals surface area (Å²) in [6.07, 6.45) is 0.942. The fourth-order valence-electron chi connectivity index (χ4n) is 1.82. The van der Waals surface area contributed by atoms with Gasteiger partial charge in [-0.25, -0.2) is 13.6 Å². The summed E-state index contributed by atoms with van der Waals surface area (Å²) in [5.41, 5.74) is 6.75. The van der Waals surface area contributed by atoms with Crippen LogP contribution in [0, 0.1) is 5.92 Å². The molecule has 18 heavy (non-hydrogen) atoms. The normalized spacial score (nSPS) is 13.6. The van der Waals surface area contributed by atoms with E-state index in [9.17, 15) is 8.42 Å². The lowest BCUT2D eigenvalue weighted by Crippen LogP contribution is -2.25. The standard InChI is InChI=1S/C12H21N3O2S/c1-4-12(8(2)3)15-10-5-9(13)6-11(7-10)18(14,16)17/h5-8,12,15H,4,13H2,1-3H3,(H2,14,16,17). The monoisotopic (exact) mass is 271 g/mol. The smallest absolute Gasteiger partial charge is 0.238 e. The molecule has 102 valence electrons.